The zero-order chi connectivity index (χ0) is 27.1. The largest absolute Gasteiger partial charge is 0.378 e. The maximum absolute atomic E-state index is 13.6. The van der Waals surface area contributed by atoms with Crippen molar-refractivity contribution in [2.24, 2.45) is 0 Å². The molecule has 2 heterocycles. The van der Waals surface area contributed by atoms with E-state index in [0.29, 0.717) is 47.5 Å². The molecule has 198 valence electrons. The van der Waals surface area contributed by atoms with Crippen molar-refractivity contribution >= 4 is 17.5 Å². The molecule has 0 saturated heterocycles. The van der Waals surface area contributed by atoms with Crippen LogP contribution in [0.3, 0.4) is 0 Å². The summed E-state index contributed by atoms with van der Waals surface area (Å²) in [6.45, 7) is 0.484. The van der Waals surface area contributed by atoms with E-state index in [2.05, 4.69) is 17.1 Å². The van der Waals surface area contributed by atoms with Gasteiger partial charge in [0, 0.05) is 6.54 Å². The molecule has 6 nitrogen and oxygen atoms in total. The van der Waals surface area contributed by atoms with E-state index in [1.807, 2.05) is 18.2 Å². The van der Waals surface area contributed by atoms with Crippen LogP contribution in [-0.4, -0.2) is 32.4 Å². The summed E-state index contributed by atoms with van der Waals surface area (Å²) in [6, 6.07) is 21.4. The Morgan fingerprint density at radius 1 is 1.05 bits per heavy atom. The number of benzene rings is 3. The Morgan fingerprint density at radius 2 is 1.82 bits per heavy atom. The van der Waals surface area contributed by atoms with E-state index < -0.39 is 17.8 Å². The topological polar surface area (TPSA) is 86.3 Å². The summed E-state index contributed by atoms with van der Waals surface area (Å²) in [4.78, 5) is 36.1. The number of carbonyl (C=O) groups is 1. The van der Waals surface area contributed by atoms with Crippen molar-refractivity contribution < 1.29 is 14.3 Å². The second-order valence-electron chi connectivity index (χ2n) is 10.3. The van der Waals surface area contributed by atoms with E-state index in [1.165, 1.54) is 17.0 Å². The van der Waals surface area contributed by atoms with Crippen LogP contribution in [0.5, 0.6) is 0 Å². The van der Waals surface area contributed by atoms with Crippen molar-refractivity contribution in [1.82, 2.24) is 14.9 Å². The Kier molecular flexibility index (Phi) is 6.57. The van der Waals surface area contributed by atoms with Crippen molar-refractivity contribution in [3.8, 4) is 11.1 Å². The van der Waals surface area contributed by atoms with E-state index in [-0.39, 0.29) is 22.5 Å². The summed E-state index contributed by atoms with van der Waals surface area (Å²) in [7, 11) is 0. The zero-order valence-corrected chi connectivity index (χ0v) is 21.9. The lowest BCUT2D eigenvalue weighted by atomic mass is 9.94. The minimum absolute atomic E-state index is 0.00359. The van der Waals surface area contributed by atoms with Crippen LogP contribution in [0, 0.1) is 5.82 Å². The highest BCUT2D eigenvalue weighted by atomic mass is 35.5. The fourth-order valence-corrected chi connectivity index (χ4v) is 5.64. The summed E-state index contributed by atoms with van der Waals surface area (Å²) in [6.07, 6.45) is 1.66. The normalized spacial score (nSPS) is 16.7. The highest BCUT2D eigenvalue weighted by Gasteiger charge is 2.48. The van der Waals surface area contributed by atoms with Gasteiger partial charge in [0.25, 0.3) is 11.5 Å². The Balaban J connectivity index is 1.25. The fraction of sp³-hybridized carbons (Fsp3) is 0.258. The minimum Gasteiger partial charge on any atom is -0.378 e. The van der Waals surface area contributed by atoms with Gasteiger partial charge >= 0.3 is 0 Å². The van der Waals surface area contributed by atoms with Crippen molar-refractivity contribution in [3.05, 3.63) is 122 Å². The van der Waals surface area contributed by atoms with E-state index in [4.69, 9.17) is 16.6 Å². The first-order chi connectivity index (χ1) is 18.9. The van der Waals surface area contributed by atoms with Gasteiger partial charge < -0.3 is 15.0 Å². The number of nitrogens with one attached hydrogen (secondary N) is 1. The molecule has 2 N–H and O–H groups in total. The summed E-state index contributed by atoms with van der Waals surface area (Å²) in [5.41, 5.74) is 3.61. The first kappa shape index (κ1) is 25.5. The number of nitrogens with zero attached hydrogens (tertiary/aromatic N) is 2. The van der Waals surface area contributed by atoms with Gasteiger partial charge in [-0.15, -0.1) is 0 Å². The third-order valence-electron chi connectivity index (χ3n) is 7.82. The molecule has 1 aliphatic carbocycles. The second kappa shape index (κ2) is 10.1. The maximum atomic E-state index is 13.6. The number of fused-ring (bicyclic) bond motifs is 1. The number of aromatic nitrogens is 2. The van der Waals surface area contributed by atoms with Gasteiger partial charge in [-0.05, 0) is 66.1 Å². The first-order valence-electron chi connectivity index (χ1n) is 13.1. The summed E-state index contributed by atoms with van der Waals surface area (Å²) in [5.74, 6) is -0.310. The van der Waals surface area contributed by atoms with Crippen molar-refractivity contribution in [1.29, 1.82) is 0 Å². The highest BCUT2D eigenvalue weighted by molar-refractivity contribution is 6.31. The zero-order valence-electron chi connectivity index (χ0n) is 21.2. The molecule has 39 heavy (non-hydrogen) atoms. The fourth-order valence-electron chi connectivity index (χ4n) is 5.46. The quantitative estimate of drug-likeness (QED) is 0.357. The molecule has 1 atom stereocenters. The third-order valence-corrected chi connectivity index (χ3v) is 8.11. The molecule has 0 bridgehead atoms. The average molecular weight is 544 g/mol. The van der Waals surface area contributed by atoms with Crippen molar-refractivity contribution in [3.63, 3.8) is 0 Å². The van der Waals surface area contributed by atoms with Crippen LogP contribution in [0.2, 0.25) is 5.02 Å². The van der Waals surface area contributed by atoms with Crippen LogP contribution in [0.15, 0.2) is 77.6 Å². The molecule has 6 rings (SSSR count). The molecule has 4 aromatic rings. The van der Waals surface area contributed by atoms with Gasteiger partial charge in [0.05, 0.1) is 28.2 Å². The third kappa shape index (κ3) is 4.77. The predicted molar refractivity (Wildman–Crippen MR) is 147 cm³/mol. The van der Waals surface area contributed by atoms with Gasteiger partial charge in [-0.3, -0.25) is 9.59 Å². The van der Waals surface area contributed by atoms with Crippen LogP contribution in [0.4, 0.5) is 4.39 Å². The molecular weight excluding hydrogens is 517 g/mol. The molecule has 2 aliphatic rings. The SMILES string of the molecule is O=C([C@H](O)c1cccc(-c2ccc(F)c(Cl)c2)c1)N1CCCc2nc(C3(c4ccccc4)CC3)[nH]c(=O)c2C1. The summed E-state index contributed by atoms with van der Waals surface area (Å²) in [5, 5.41) is 11.0. The van der Waals surface area contributed by atoms with Crippen LogP contribution in [0.1, 0.15) is 53.6 Å². The Labute approximate surface area is 230 Å². The summed E-state index contributed by atoms with van der Waals surface area (Å²) >= 11 is 5.94. The molecule has 0 unspecified atom stereocenters. The number of aliphatic hydroxyl groups is 1. The number of aliphatic hydroxyl groups excluding tert-OH is 1. The predicted octanol–water partition coefficient (Wildman–Crippen LogP) is 5.32. The van der Waals surface area contributed by atoms with Crippen LogP contribution in [-0.2, 0) is 23.2 Å². The lowest BCUT2D eigenvalue weighted by molar-refractivity contribution is -0.141. The monoisotopic (exact) mass is 543 g/mol. The van der Waals surface area contributed by atoms with E-state index in [1.54, 1.807) is 30.3 Å². The first-order valence-corrected chi connectivity index (χ1v) is 13.4. The molecule has 0 radical (unpaired) electrons. The standard InChI is InChI=1S/C31H27ClFN3O3/c32-24-17-20(11-12-25(24)33)19-6-4-7-21(16-19)27(37)29(39)36-15-5-10-26-23(18-36)28(38)35-30(34-26)31(13-14-31)22-8-2-1-3-9-22/h1-4,6-9,11-12,16-17,27,37H,5,10,13-15,18H2,(H,34,35,38)/t27-/m1/s1. The lowest BCUT2D eigenvalue weighted by Gasteiger charge is -2.24. The second-order valence-corrected chi connectivity index (χ2v) is 10.7. The van der Waals surface area contributed by atoms with Gasteiger partial charge in [0.1, 0.15) is 11.6 Å². The highest BCUT2D eigenvalue weighted by Crippen LogP contribution is 2.52. The minimum atomic E-state index is -1.42. The van der Waals surface area contributed by atoms with Crippen LogP contribution >= 0.6 is 11.6 Å². The number of hydrogen-bond acceptors (Lipinski definition) is 4. The molecule has 0 spiro atoms. The molecule has 1 amide bonds. The molecule has 1 fully saturated rings. The van der Waals surface area contributed by atoms with E-state index >= 15 is 0 Å². The Hall–Kier alpha value is -3.81. The average Bonchev–Trinajstić information content (AvgIpc) is 3.79. The lowest BCUT2D eigenvalue weighted by Crippen LogP contribution is -2.36. The van der Waals surface area contributed by atoms with Gasteiger partial charge in [0.2, 0.25) is 0 Å². The summed E-state index contributed by atoms with van der Waals surface area (Å²) < 4.78 is 13.6. The maximum Gasteiger partial charge on any atom is 0.256 e. The number of halogens is 2. The van der Waals surface area contributed by atoms with Gasteiger partial charge in [-0.25, -0.2) is 9.37 Å². The van der Waals surface area contributed by atoms with Crippen molar-refractivity contribution in [2.75, 3.05) is 6.54 Å². The van der Waals surface area contributed by atoms with Crippen molar-refractivity contribution in [2.45, 2.75) is 43.7 Å². The van der Waals surface area contributed by atoms with E-state index in [9.17, 15) is 19.1 Å². The molecule has 1 aliphatic heterocycles. The Morgan fingerprint density at radius 3 is 2.56 bits per heavy atom. The number of H-pyrrole nitrogens is 1. The number of hydrogen-bond donors (Lipinski definition) is 2. The molecule has 3 aromatic carbocycles. The van der Waals surface area contributed by atoms with E-state index in [0.717, 1.165) is 24.1 Å². The number of aromatic amines is 1. The van der Waals surface area contributed by atoms with Gasteiger partial charge in [-0.2, -0.15) is 0 Å². The van der Waals surface area contributed by atoms with Crippen LogP contribution in [0.25, 0.3) is 11.1 Å². The molecule has 1 aromatic heterocycles. The molecule has 8 heteroatoms. The van der Waals surface area contributed by atoms with Crippen LogP contribution < -0.4 is 5.56 Å². The molecular formula is C31H27ClFN3O3. The number of amides is 1. The smallest absolute Gasteiger partial charge is 0.256 e. The van der Waals surface area contributed by atoms with Gasteiger partial charge in [0.15, 0.2) is 6.10 Å². The number of aryl methyl sites for hydroxylation is 1. The number of carbonyl (C=O) groups excluding carboxylic acids is 1. The number of rotatable bonds is 5. The Bertz CT molecular complexity index is 1620. The van der Waals surface area contributed by atoms with Gasteiger partial charge in [-0.1, -0.05) is 66.2 Å². The molecule has 1 saturated carbocycles.